The first-order valence-corrected chi connectivity index (χ1v) is 7.54. The number of nitrogens with zero attached hydrogens (tertiary/aromatic N) is 1. The second-order valence-corrected chi connectivity index (χ2v) is 5.24. The van der Waals surface area contributed by atoms with Crippen LogP contribution in [0, 0.1) is 0 Å². The first kappa shape index (κ1) is 15.4. The average molecular weight is 300 g/mol. The predicted molar refractivity (Wildman–Crippen MR) is 91.7 cm³/mol. The molecular weight excluding hydrogens is 280 g/mol. The number of hydrogen-bond acceptors (Lipinski definition) is 3. The Morgan fingerprint density at radius 2 is 1.76 bits per heavy atom. The molecule has 21 heavy (non-hydrogen) atoms. The number of rotatable bonds is 5. The van der Waals surface area contributed by atoms with E-state index in [-0.39, 0.29) is 5.91 Å². The van der Waals surface area contributed by atoms with Crippen molar-refractivity contribution in [2.45, 2.75) is 18.7 Å². The van der Waals surface area contributed by atoms with Crippen LogP contribution in [0.2, 0.25) is 0 Å². The molecule has 2 rings (SSSR count). The van der Waals surface area contributed by atoms with Crippen LogP contribution < -0.4 is 10.2 Å². The molecule has 2 aromatic carbocycles. The molecule has 0 saturated heterocycles. The minimum absolute atomic E-state index is 0.124. The maximum absolute atomic E-state index is 12.1. The van der Waals surface area contributed by atoms with Crippen LogP contribution in [-0.4, -0.2) is 19.0 Å². The summed E-state index contributed by atoms with van der Waals surface area (Å²) in [5.74, 6) is -0.124. The molecule has 2 aromatic rings. The molecule has 1 N–H and O–H groups in total. The molecule has 0 bridgehead atoms. The molecule has 3 nitrogen and oxygen atoms in total. The van der Waals surface area contributed by atoms with Gasteiger partial charge in [-0.15, -0.1) is 12.6 Å². The Labute approximate surface area is 131 Å². The summed E-state index contributed by atoms with van der Waals surface area (Å²) in [6.45, 7) is 6.20. The van der Waals surface area contributed by atoms with Crippen LogP contribution in [0.25, 0.3) is 0 Å². The maximum atomic E-state index is 12.1. The quantitative estimate of drug-likeness (QED) is 0.816. The fourth-order valence-corrected chi connectivity index (χ4v) is 2.42. The Kier molecular flexibility index (Phi) is 5.28. The number of thiol groups is 1. The van der Waals surface area contributed by atoms with Gasteiger partial charge in [0.2, 0.25) is 0 Å². The van der Waals surface area contributed by atoms with Gasteiger partial charge < -0.3 is 10.2 Å². The van der Waals surface area contributed by atoms with Gasteiger partial charge in [0.05, 0.1) is 0 Å². The normalized spacial score (nSPS) is 10.2. The molecule has 110 valence electrons. The highest BCUT2D eigenvalue weighted by Gasteiger charge is 2.07. The number of anilines is 2. The van der Waals surface area contributed by atoms with Crippen molar-refractivity contribution in [1.82, 2.24) is 0 Å². The van der Waals surface area contributed by atoms with Gasteiger partial charge in [0.1, 0.15) is 0 Å². The lowest BCUT2D eigenvalue weighted by atomic mass is 10.2. The van der Waals surface area contributed by atoms with Crippen LogP contribution in [0.3, 0.4) is 0 Å². The largest absolute Gasteiger partial charge is 0.372 e. The number of carbonyl (C=O) groups excluding carboxylic acids is 1. The van der Waals surface area contributed by atoms with Gasteiger partial charge in [0.25, 0.3) is 5.91 Å². The second-order valence-electron chi connectivity index (χ2n) is 4.72. The first-order valence-electron chi connectivity index (χ1n) is 7.09. The minimum atomic E-state index is -0.124. The summed E-state index contributed by atoms with van der Waals surface area (Å²) in [5.41, 5.74) is 2.56. The fourth-order valence-electron chi connectivity index (χ4n) is 2.19. The Hall–Kier alpha value is -1.94. The summed E-state index contributed by atoms with van der Waals surface area (Å²) < 4.78 is 0. The SMILES string of the molecule is CCN(CC)c1ccc(NC(=O)c2cccc(S)c2)cc1. The Balaban J connectivity index is 2.08. The van der Waals surface area contributed by atoms with Crippen LogP contribution in [-0.2, 0) is 0 Å². The van der Waals surface area contributed by atoms with Crippen molar-refractivity contribution in [1.29, 1.82) is 0 Å². The molecule has 4 heteroatoms. The van der Waals surface area contributed by atoms with Crippen molar-refractivity contribution >= 4 is 29.9 Å². The average Bonchev–Trinajstić information content (AvgIpc) is 2.50. The third kappa shape index (κ3) is 4.02. The molecule has 0 radical (unpaired) electrons. The lowest BCUT2D eigenvalue weighted by Crippen LogP contribution is -2.21. The van der Waals surface area contributed by atoms with Gasteiger partial charge in [0.15, 0.2) is 0 Å². The van der Waals surface area contributed by atoms with Gasteiger partial charge in [-0.2, -0.15) is 0 Å². The van der Waals surface area contributed by atoms with E-state index in [0.29, 0.717) is 5.56 Å². The van der Waals surface area contributed by atoms with E-state index in [1.54, 1.807) is 12.1 Å². The zero-order valence-corrected chi connectivity index (χ0v) is 13.2. The fraction of sp³-hybridized carbons (Fsp3) is 0.235. The molecule has 0 atom stereocenters. The summed E-state index contributed by atoms with van der Waals surface area (Å²) in [6.07, 6.45) is 0. The lowest BCUT2D eigenvalue weighted by Gasteiger charge is -2.21. The predicted octanol–water partition coefficient (Wildman–Crippen LogP) is 4.07. The zero-order valence-electron chi connectivity index (χ0n) is 12.3. The van der Waals surface area contributed by atoms with Crippen LogP contribution in [0.4, 0.5) is 11.4 Å². The van der Waals surface area contributed by atoms with Crippen molar-refractivity contribution in [3.63, 3.8) is 0 Å². The van der Waals surface area contributed by atoms with Gasteiger partial charge in [-0.05, 0) is 56.3 Å². The smallest absolute Gasteiger partial charge is 0.255 e. The monoisotopic (exact) mass is 300 g/mol. The van der Waals surface area contributed by atoms with E-state index in [1.807, 2.05) is 36.4 Å². The molecule has 0 unspecified atom stereocenters. The van der Waals surface area contributed by atoms with Gasteiger partial charge in [-0.25, -0.2) is 0 Å². The molecule has 0 saturated carbocycles. The highest BCUT2D eigenvalue weighted by atomic mass is 32.1. The first-order chi connectivity index (χ1) is 10.1. The summed E-state index contributed by atoms with van der Waals surface area (Å²) in [5, 5.41) is 2.90. The molecule has 0 aliphatic heterocycles. The van der Waals surface area contributed by atoms with E-state index in [4.69, 9.17) is 0 Å². The van der Waals surface area contributed by atoms with Gasteiger partial charge >= 0.3 is 0 Å². The zero-order chi connectivity index (χ0) is 15.2. The van der Waals surface area contributed by atoms with Crippen molar-refractivity contribution in [3.05, 3.63) is 54.1 Å². The highest BCUT2D eigenvalue weighted by molar-refractivity contribution is 7.80. The Bertz CT molecular complexity index is 606. The molecular formula is C17H20N2OS. The Morgan fingerprint density at radius 3 is 2.33 bits per heavy atom. The van der Waals surface area contributed by atoms with Crippen LogP contribution >= 0.6 is 12.6 Å². The van der Waals surface area contributed by atoms with Crippen LogP contribution in [0.5, 0.6) is 0 Å². The summed E-state index contributed by atoms with van der Waals surface area (Å²) in [7, 11) is 0. The van der Waals surface area contributed by atoms with Crippen molar-refractivity contribution in [3.8, 4) is 0 Å². The Morgan fingerprint density at radius 1 is 1.10 bits per heavy atom. The number of hydrogen-bond donors (Lipinski definition) is 2. The van der Waals surface area contributed by atoms with E-state index in [0.717, 1.165) is 29.4 Å². The van der Waals surface area contributed by atoms with Crippen molar-refractivity contribution in [2.24, 2.45) is 0 Å². The maximum Gasteiger partial charge on any atom is 0.255 e. The number of carbonyl (C=O) groups is 1. The third-order valence-corrected chi connectivity index (χ3v) is 3.64. The number of amides is 1. The van der Waals surface area contributed by atoms with Crippen molar-refractivity contribution in [2.75, 3.05) is 23.3 Å². The molecule has 0 fully saturated rings. The van der Waals surface area contributed by atoms with Crippen LogP contribution in [0.1, 0.15) is 24.2 Å². The summed E-state index contributed by atoms with van der Waals surface area (Å²) >= 11 is 4.25. The standard InChI is InChI=1S/C17H20N2OS/c1-3-19(4-2)15-10-8-14(9-11-15)18-17(20)13-6-5-7-16(21)12-13/h5-12,21H,3-4H2,1-2H3,(H,18,20). The van der Waals surface area contributed by atoms with E-state index in [1.165, 1.54) is 0 Å². The van der Waals surface area contributed by atoms with Gasteiger partial charge in [0, 0.05) is 34.9 Å². The molecule has 0 heterocycles. The third-order valence-electron chi connectivity index (χ3n) is 3.36. The van der Waals surface area contributed by atoms with E-state index < -0.39 is 0 Å². The van der Waals surface area contributed by atoms with Gasteiger partial charge in [-0.1, -0.05) is 6.07 Å². The summed E-state index contributed by atoms with van der Waals surface area (Å²) in [4.78, 5) is 15.2. The van der Waals surface area contributed by atoms with E-state index >= 15 is 0 Å². The highest BCUT2D eigenvalue weighted by Crippen LogP contribution is 2.18. The second kappa shape index (κ2) is 7.18. The van der Waals surface area contributed by atoms with Crippen molar-refractivity contribution < 1.29 is 4.79 Å². The topological polar surface area (TPSA) is 32.3 Å². The van der Waals surface area contributed by atoms with Gasteiger partial charge in [-0.3, -0.25) is 4.79 Å². The minimum Gasteiger partial charge on any atom is -0.372 e. The molecule has 0 aliphatic rings. The van der Waals surface area contributed by atoms with Crippen LogP contribution in [0.15, 0.2) is 53.4 Å². The molecule has 1 amide bonds. The number of benzene rings is 2. The summed E-state index contributed by atoms with van der Waals surface area (Å²) in [6, 6.07) is 15.1. The van der Waals surface area contributed by atoms with E-state index in [9.17, 15) is 4.79 Å². The molecule has 0 spiro atoms. The van der Waals surface area contributed by atoms with E-state index in [2.05, 4.69) is 36.7 Å². The molecule has 0 aliphatic carbocycles. The lowest BCUT2D eigenvalue weighted by molar-refractivity contribution is 0.102. The molecule has 0 aromatic heterocycles. The number of nitrogens with one attached hydrogen (secondary N) is 1.